The van der Waals surface area contributed by atoms with Crippen LogP contribution in [0.15, 0.2) is 0 Å². The molecule has 0 heterocycles. The summed E-state index contributed by atoms with van der Waals surface area (Å²) in [5.74, 6) is -1.02. The molecule has 3 nitrogen and oxygen atoms in total. The van der Waals surface area contributed by atoms with Crippen molar-refractivity contribution >= 4 is 5.97 Å². The molecule has 0 saturated carbocycles. The van der Waals surface area contributed by atoms with Crippen LogP contribution in [-0.4, -0.2) is 31.5 Å². The molecule has 2 unspecified atom stereocenters. The molecule has 0 spiro atoms. The lowest BCUT2D eigenvalue weighted by Crippen LogP contribution is -2.34. The van der Waals surface area contributed by atoms with Crippen molar-refractivity contribution in [2.45, 2.75) is 32.2 Å². The van der Waals surface area contributed by atoms with Crippen molar-refractivity contribution in [3.63, 3.8) is 0 Å². The normalized spacial score (nSPS) is 16.5. The van der Waals surface area contributed by atoms with Crippen LogP contribution in [0.1, 0.15) is 13.8 Å². The molecule has 0 aromatic carbocycles. The van der Waals surface area contributed by atoms with E-state index in [4.69, 9.17) is 0 Å². The molecule has 13 heavy (non-hydrogen) atoms. The van der Waals surface area contributed by atoms with Gasteiger partial charge in [-0.25, -0.2) is 4.79 Å². The Morgan fingerprint density at radius 3 is 2.08 bits per heavy atom. The molecule has 0 bridgehead atoms. The lowest BCUT2D eigenvalue weighted by atomic mass is 10.3. The maximum atomic E-state index is 11.9. The van der Waals surface area contributed by atoms with E-state index in [1.165, 1.54) is 14.0 Å². The Hall–Kier alpha value is -0.780. The van der Waals surface area contributed by atoms with Gasteiger partial charge in [-0.15, -0.1) is 0 Å². The van der Waals surface area contributed by atoms with Gasteiger partial charge in [-0.05, 0) is 13.8 Å². The van der Waals surface area contributed by atoms with Crippen LogP contribution in [0.2, 0.25) is 0 Å². The minimum absolute atomic E-state index is 0.764. The molecule has 0 rings (SSSR count). The summed E-state index contributed by atoms with van der Waals surface area (Å²) in [5.41, 5.74) is 0. The molecule has 0 aliphatic heterocycles. The van der Waals surface area contributed by atoms with Crippen molar-refractivity contribution in [1.29, 1.82) is 0 Å². The second kappa shape index (κ2) is 4.45. The molecular weight excluding hydrogens is 189 g/mol. The molecule has 0 fully saturated rings. The summed E-state index contributed by atoms with van der Waals surface area (Å²) in [7, 11) is 1.21. The summed E-state index contributed by atoms with van der Waals surface area (Å²) in [4.78, 5) is 10.8. The molecule has 0 aliphatic rings. The molecule has 0 saturated heterocycles. The average molecular weight is 200 g/mol. The second-order valence-corrected chi connectivity index (χ2v) is 2.50. The highest BCUT2D eigenvalue weighted by Gasteiger charge is 2.39. The fourth-order valence-electron chi connectivity index (χ4n) is 0.433. The Bertz CT molecular complexity index is 178. The number of carbonyl (C=O) groups excluding carboxylic acids is 1. The fraction of sp³-hybridized carbons (Fsp3) is 0.857. The van der Waals surface area contributed by atoms with Gasteiger partial charge in [0.25, 0.3) is 0 Å². The highest BCUT2D eigenvalue weighted by atomic mass is 19.4. The minimum atomic E-state index is -4.52. The Balaban J connectivity index is 4.07. The van der Waals surface area contributed by atoms with Crippen LogP contribution in [0.4, 0.5) is 13.2 Å². The molecule has 2 atom stereocenters. The molecular formula is C7H11F3O3. The number of hydrogen-bond acceptors (Lipinski definition) is 3. The SMILES string of the molecule is COC(C)C(=O)OC(C)C(F)(F)F. The summed E-state index contributed by atoms with van der Waals surface area (Å²) < 4.78 is 44.1. The smallest absolute Gasteiger partial charge is 0.425 e. The molecule has 0 radical (unpaired) electrons. The van der Waals surface area contributed by atoms with Gasteiger partial charge in [0.15, 0.2) is 12.2 Å². The van der Waals surface area contributed by atoms with Crippen LogP contribution in [0, 0.1) is 0 Å². The van der Waals surface area contributed by atoms with Crippen molar-refractivity contribution < 1.29 is 27.4 Å². The van der Waals surface area contributed by atoms with Crippen LogP contribution in [0.5, 0.6) is 0 Å². The topological polar surface area (TPSA) is 35.5 Å². The minimum Gasteiger partial charge on any atom is -0.451 e. The van der Waals surface area contributed by atoms with Gasteiger partial charge in [-0.2, -0.15) is 13.2 Å². The molecule has 0 aromatic rings. The molecule has 6 heteroatoms. The first-order chi connectivity index (χ1) is 5.79. The zero-order chi connectivity index (χ0) is 10.6. The zero-order valence-electron chi connectivity index (χ0n) is 7.51. The van der Waals surface area contributed by atoms with Crippen molar-refractivity contribution in [2.24, 2.45) is 0 Å². The van der Waals surface area contributed by atoms with Gasteiger partial charge < -0.3 is 9.47 Å². The first kappa shape index (κ1) is 12.2. The highest BCUT2D eigenvalue weighted by Crippen LogP contribution is 2.22. The van der Waals surface area contributed by atoms with Crippen LogP contribution in [0.3, 0.4) is 0 Å². The van der Waals surface area contributed by atoms with Crippen LogP contribution < -0.4 is 0 Å². The third kappa shape index (κ3) is 4.12. The highest BCUT2D eigenvalue weighted by molar-refractivity contribution is 5.74. The monoisotopic (exact) mass is 200 g/mol. The standard InChI is InChI=1S/C7H11F3O3/c1-4(12-3)6(11)13-5(2)7(8,9)10/h4-5H,1-3H3. The predicted octanol–water partition coefficient (Wildman–Crippen LogP) is 1.52. The average Bonchev–Trinajstić information content (AvgIpc) is 2.01. The van der Waals surface area contributed by atoms with E-state index in [0.717, 1.165) is 6.92 Å². The van der Waals surface area contributed by atoms with Gasteiger partial charge in [0.05, 0.1) is 0 Å². The van der Waals surface area contributed by atoms with Crippen molar-refractivity contribution in [1.82, 2.24) is 0 Å². The maximum Gasteiger partial charge on any atom is 0.425 e. The molecule has 78 valence electrons. The number of carbonyl (C=O) groups is 1. The summed E-state index contributed by atoms with van der Waals surface area (Å²) in [5, 5.41) is 0. The zero-order valence-corrected chi connectivity index (χ0v) is 7.51. The molecule has 0 aromatic heterocycles. The number of halogens is 3. The summed E-state index contributed by atoms with van der Waals surface area (Å²) in [6.45, 7) is 2.08. The van der Waals surface area contributed by atoms with Gasteiger partial charge in [0, 0.05) is 7.11 Å². The number of methoxy groups -OCH3 is 1. The maximum absolute atomic E-state index is 11.9. The van der Waals surface area contributed by atoms with E-state index >= 15 is 0 Å². The van der Waals surface area contributed by atoms with Gasteiger partial charge in [-0.1, -0.05) is 0 Å². The Morgan fingerprint density at radius 1 is 1.31 bits per heavy atom. The van der Waals surface area contributed by atoms with Crippen molar-refractivity contribution in [3.8, 4) is 0 Å². The third-order valence-electron chi connectivity index (χ3n) is 1.44. The van der Waals surface area contributed by atoms with Crippen molar-refractivity contribution in [2.75, 3.05) is 7.11 Å². The molecule has 0 aliphatic carbocycles. The second-order valence-electron chi connectivity index (χ2n) is 2.50. The molecule has 0 amide bonds. The van der Waals surface area contributed by atoms with Crippen LogP contribution in [0.25, 0.3) is 0 Å². The van der Waals surface area contributed by atoms with E-state index in [2.05, 4.69) is 9.47 Å². The van der Waals surface area contributed by atoms with Gasteiger partial charge >= 0.3 is 12.1 Å². The summed E-state index contributed by atoms with van der Waals surface area (Å²) >= 11 is 0. The Labute approximate surface area is 73.8 Å². The fourth-order valence-corrected chi connectivity index (χ4v) is 0.433. The van der Waals surface area contributed by atoms with Gasteiger partial charge in [-0.3, -0.25) is 0 Å². The van der Waals surface area contributed by atoms with E-state index in [0.29, 0.717) is 0 Å². The van der Waals surface area contributed by atoms with E-state index < -0.39 is 24.4 Å². The first-order valence-corrected chi connectivity index (χ1v) is 3.59. The van der Waals surface area contributed by atoms with Gasteiger partial charge in [0.2, 0.25) is 0 Å². The molecule has 0 N–H and O–H groups in total. The Morgan fingerprint density at radius 2 is 1.77 bits per heavy atom. The Kier molecular flexibility index (Phi) is 4.19. The lowest BCUT2D eigenvalue weighted by molar-refractivity contribution is -0.220. The number of esters is 1. The van der Waals surface area contributed by atoms with E-state index in [9.17, 15) is 18.0 Å². The number of alkyl halides is 3. The number of hydrogen-bond donors (Lipinski definition) is 0. The van der Waals surface area contributed by atoms with Crippen LogP contribution >= 0.6 is 0 Å². The summed E-state index contributed by atoms with van der Waals surface area (Å²) in [6.07, 6.45) is -7.61. The number of rotatable bonds is 3. The van der Waals surface area contributed by atoms with E-state index in [1.807, 2.05) is 0 Å². The van der Waals surface area contributed by atoms with Gasteiger partial charge in [0.1, 0.15) is 0 Å². The quantitative estimate of drug-likeness (QED) is 0.648. The lowest BCUT2D eigenvalue weighted by Gasteiger charge is -2.18. The van der Waals surface area contributed by atoms with Crippen molar-refractivity contribution in [3.05, 3.63) is 0 Å². The van der Waals surface area contributed by atoms with E-state index in [-0.39, 0.29) is 0 Å². The third-order valence-corrected chi connectivity index (χ3v) is 1.44. The predicted molar refractivity (Wildman–Crippen MR) is 38.1 cm³/mol. The number of ether oxygens (including phenoxy) is 2. The van der Waals surface area contributed by atoms with Crippen LogP contribution in [-0.2, 0) is 14.3 Å². The van der Waals surface area contributed by atoms with E-state index in [1.54, 1.807) is 0 Å². The first-order valence-electron chi connectivity index (χ1n) is 3.59. The largest absolute Gasteiger partial charge is 0.451 e. The summed E-state index contributed by atoms with van der Waals surface area (Å²) in [6, 6.07) is 0.